The molecule has 4 heteroatoms. The van der Waals surface area contributed by atoms with Crippen molar-refractivity contribution in [3.63, 3.8) is 0 Å². The Morgan fingerprint density at radius 2 is 0.944 bits per heavy atom. The molecule has 0 amide bonds. The van der Waals surface area contributed by atoms with Crippen LogP contribution in [0.1, 0.15) is 151 Å². The first-order valence-electron chi connectivity index (χ1n) is 16.6. The molecule has 2 nitrogen and oxygen atoms in total. The molecule has 0 saturated carbocycles. The maximum atomic E-state index is 9.65. The van der Waals surface area contributed by atoms with Gasteiger partial charge in [0.05, 0.1) is 0 Å². The van der Waals surface area contributed by atoms with E-state index in [2.05, 4.69) is 48.5 Å². The first-order valence-corrected chi connectivity index (χ1v) is 30.7. The van der Waals surface area contributed by atoms with Crippen molar-refractivity contribution in [2.75, 3.05) is 11.2 Å². The van der Waals surface area contributed by atoms with Crippen LogP contribution < -0.4 is 0 Å². The Balaban J connectivity index is 0. The molecule has 0 aromatic carbocycles. The second kappa shape index (κ2) is 31.1. The Bertz CT molecular complexity index is 367. The Morgan fingerprint density at radius 3 is 1.28 bits per heavy atom. The summed E-state index contributed by atoms with van der Waals surface area (Å²) in [5.74, 6) is 0. The molecule has 0 aliphatic carbocycles. The van der Waals surface area contributed by atoms with Crippen LogP contribution in [0.15, 0.2) is 0 Å². The van der Waals surface area contributed by atoms with E-state index in [1.54, 1.807) is 13.3 Å². The monoisotopic (exact) mass is 724 g/mol. The van der Waals surface area contributed by atoms with E-state index >= 15 is 0 Å². The van der Waals surface area contributed by atoms with Gasteiger partial charge in [-0.3, -0.25) is 0 Å². The van der Waals surface area contributed by atoms with Crippen LogP contribution in [-0.4, -0.2) is 55.4 Å². The van der Waals surface area contributed by atoms with Gasteiger partial charge in [0, 0.05) is 0 Å². The van der Waals surface area contributed by atoms with Crippen molar-refractivity contribution >= 4 is 38.1 Å². The number of nitrogens with zero attached hydrogens (tertiary/aromatic N) is 1. The van der Waals surface area contributed by atoms with Crippen LogP contribution in [0.25, 0.3) is 5.73 Å². The van der Waals surface area contributed by atoms with Gasteiger partial charge in [-0.25, -0.2) is 0 Å². The zero-order chi connectivity index (χ0) is 27.3. The molecule has 36 heavy (non-hydrogen) atoms. The van der Waals surface area contributed by atoms with Crippen molar-refractivity contribution < 1.29 is 4.74 Å². The Morgan fingerprint density at radius 1 is 0.556 bits per heavy atom. The average Bonchev–Trinajstić information content (AvgIpc) is 2.91. The molecule has 0 aliphatic heterocycles. The zero-order valence-electron chi connectivity index (χ0n) is 26.4. The first-order chi connectivity index (χ1) is 17.5. The van der Waals surface area contributed by atoms with Crippen LogP contribution in [0.3, 0.4) is 0 Å². The Kier molecular flexibility index (Phi) is 34.2. The van der Waals surface area contributed by atoms with Gasteiger partial charge in [0.25, 0.3) is 0 Å². The summed E-state index contributed by atoms with van der Waals surface area (Å²) in [6.07, 6.45) is 21.8. The van der Waals surface area contributed by atoms with E-state index in [0.29, 0.717) is 0 Å². The fraction of sp³-hybridized carbons (Fsp3) is 1.00. The normalized spacial score (nSPS) is 12.3. The van der Waals surface area contributed by atoms with Gasteiger partial charge in [-0.15, -0.1) is 0 Å². The molecular weight excluding hydrogens is 652 g/mol. The second-order valence-corrected chi connectivity index (χ2v) is 33.7. The number of hydrogen-bond donors (Lipinski definition) is 0. The molecule has 1 unspecified atom stereocenters. The molecule has 0 aromatic rings. The van der Waals surface area contributed by atoms with Gasteiger partial charge in [-0.1, -0.05) is 0 Å². The average molecular weight is 722 g/mol. The van der Waals surface area contributed by atoms with Gasteiger partial charge >= 0.3 is 244 Å². The van der Waals surface area contributed by atoms with Crippen molar-refractivity contribution in [2.24, 2.45) is 0 Å². The van der Waals surface area contributed by atoms with Gasteiger partial charge in [-0.05, 0) is 0 Å². The van der Waals surface area contributed by atoms with Crippen LogP contribution in [0.2, 0.25) is 26.6 Å². The summed E-state index contributed by atoms with van der Waals surface area (Å²) in [6.45, 7) is 16.4. The van der Waals surface area contributed by atoms with Crippen LogP contribution in [0.4, 0.5) is 0 Å². The summed E-state index contributed by atoms with van der Waals surface area (Å²) in [5, 5.41) is 0. The third kappa shape index (κ3) is 24.6. The summed E-state index contributed by atoms with van der Waals surface area (Å²) in [6, 6.07) is 0. The van der Waals surface area contributed by atoms with Gasteiger partial charge in [0.15, 0.2) is 0 Å². The molecule has 0 heterocycles. The summed E-state index contributed by atoms with van der Waals surface area (Å²) in [7, 11) is 0. The van der Waals surface area contributed by atoms with Crippen molar-refractivity contribution in [3.8, 4) is 0 Å². The van der Waals surface area contributed by atoms with Gasteiger partial charge < -0.3 is 0 Å². The molecule has 0 saturated heterocycles. The van der Waals surface area contributed by atoms with E-state index < -0.39 is 38.1 Å². The Labute approximate surface area is 242 Å². The molecule has 0 rings (SSSR count). The predicted molar refractivity (Wildman–Crippen MR) is 172 cm³/mol. The van der Waals surface area contributed by atoms with Crippen molar-refractivity contribution in [1.29, 1.82) is 0 Å². The molecule has 0 N–H and O–H groups in total. The zero-order valence-corrected chi connectivity index (χ0v) is 32.1. The minimum absolute atomic E-state index is 0.0995. The minimum atomic E-state index is -2.17. The molecule has 0 fully saturated rings. The van der Waals surface area contributed by atoms with E-state index in [0.717, 1.165) is 11.0 Å². The molecule has 0 spiro atoms. The third-order valence-electron chi connectivity index (χ3n) is 7.79. The molecule has 0 aromatic heterocycles. The van der Waals surface area contributed by atoms with Gasteiger partial charge in [0.2, 0.25) is 0 Å². The van der Waals surface area contributed by atoms with Crippen LogP contribution >= 0.6 is 0 Å². The van der Waals surface area contributed by atoms with Crippen LogP contribution in [0, 0.1) is 0 Å². The van der Waals surface area contributed by atoms with Crippen molar-refractivity contribution in [2.45, 2.75) is 184 Å². The fourth-order valence-corrected chi connectivity index (χ4v) is 29.0. The quantitative estimate of drug-likeness (QED) is 0.0646. The molecular formula is C32H70NOSn2. The SMILES string of the molecule is CCCCCC(C[N-])O[CH2][Sn]([CH2]CCC)([CH2]CCC)[CH2]CCC.CCC[CH2][Sn+]([CH2]CCC)[CH2]CCC. The number of hydrogen-bond acceptors (Lipinski definition) is 1. The summed E-state index contributed by atoms with van der Waals surface area (Å²) < 4.78 is 16.9. The van der Waals surface area contributed by atoms with E-state index in [1.165, 1.54) is 110 Å². The molecule has 1 radical (unpaired) electrons. The maximum absolute atomic E-state index is 9.65. The van der Waals surface area contributed by atoms with Crippen LogP contribution in [0.5, 0.6) is 0 Å². The van der Waals surface area contributed by atoms with Gasteiger partial charge in [-0.2, -0.15) is 0 Å². The number of rotatable bonds is 26. The molecule has 0 aliphatic rings. The van der Waals surface area contributed by atoms with E-state index in [4.69, 9.17) is 4.74 Å². The topological polar surface area (TPSA) is 31.5 Å². The summed E-state index contributed by atoms with van der Waals surface area (Å²) in [4.78, 5) is 0. The van der Waals surface area contributed by atoms with E-state index in [-0.39, 0.29) is 12.6 Å². The molecule has 1 atom stereocenters. The van der Waals surface area contributed by atoms with Crippen LogP contribution in [-0.2, 0) is 4.74 Å². The van der Waals surface area contributed by atoms with Crippen molar-refractivity contribution in [3.05, 3.63) is 5.73 Å². The van der Waals surface area contributed by atoms with E-state index in [9.17, 15) is 5.73 Å². The number of ether oxygens (including phenoxy) is 1. The standard InChI is InChI=1S/C8H16NO.6C4H9.2Sn/c1-3-4-5-6-8(7-9)10-2;6*1-3-4-2;;/h8H,2-7H2,1H3;6*1,3-4H2,2H3;;/q-1;;;;;;;;+1. The second-order valence-electron chi connectivity index (χ2n) is 11.5. The molecule has 217 valence electrons. The third-order valence-corrected chi connectivity index (χ3v) is 31.2. The first kappa shape index (κ1) is 39.7. The summed E-state index contributed by atoms with van der Waals surface area (Å²) >= 11 is -3.01. The Hall–Kier alpha value is 1.52. The predicted octanol–water partition coefficient (Wildman–Crippen LogP) is 12.1. The fourth-order valence-electron chi connectivity index (χ4n) is 5.05. The van der Waals surface area contributed by atoms with Gasteiger partial charge in [0.1, 0.15) is 0 Å². The van der Waals surface area contributed by atoms with Crippen molar-refractivity contribution in [1.82, 2.24) is 0 Å². The molecule has 0 bridgehead atoms. The van der Waals surface area contributed by atoms with E-state index in [1.807, 2.05) is 0 Å². The summed E-state index contributed by atoms with van der Waals surface area (Å²) in [5.41, 5.74) is 9.65. The number of unbranched alkanes of at least 4 members (excludes halogenated alkanes) is 8.